The Kier molecular flexibility index (Phi) is 4.59. The molecule has 0 spiro atoms. The summed E-state index contributed by atoms with van der Waals surface area (Å²) in [5, 5.41) is 17.4. The minimum absolute atomic E-state index is 0.591. The summed E-state index contributed by atoms with van der Waals surface area (Å²) in [6.45, 7) is 4.01. The van der Waals surface area contributed by atoms with Crippen molar-refractivity contribution in [3.05, 3.63) is 29.4 Å². The molecule has 1 aliphatic heterocycles. The molecule has 0 aromatic carbocycles. The van der Waals surface area contributed by atoms with Crippen molar-refractivity contribution in [3.8, 4) is 0 Å². The molecule has 0 atom stereocenters. The highest BCUT2D eigenvalue weighted by Gasteiger charge is 2.21. The first-order chi connectivity index (χ1) is 13.3. The summed E-state index contributed by atoms with van der Waals surface area (Å²) in [4.78, 5) is 11.7. The minimum atomic E-state index is 0.591. The Bertz CT molecular complexity index is 929. The second kappa shape index (κ2) is 7.36. The van der Waals surface area contributed by atoms with Crippen LogP contribution in [0.5, 0.6) is 0 Å². The molecule has 5 rings (SSSR count). The van der Waals surface area contributed by atoms with Crippen LogP contribution in [-0.4, -0.2) is 46.3 Å². The lowest BCUT2D eigenvalue weighted by Crippen LogP contribution is -2.43. The molecule has 1 aliphatic carbocycles. The number of fused-ring (bicyclic) bond motifs is 1. The summed E-state index contributed by atoms with van der Waals surface area (Å²) < 4.78 is 0. The Morgan fingerprint density at radius 2 is 1.93 bits per heavy atom. The number of pyridine rings is 2. The molecule has 1 saturated carbocycles. The van der Waals surface area contributed by atoms with Crippen LogP contribution >= 0.6 is 11.3 Å². The first-order valence-electron chi connectivity index (χ1n) is 9.68. The number of anilines is 3. The van der Waals surface area contributed by atoms with E-state index in [1.165, 1.54) is 25.7 Å². The van der Waals surface area contributed by atoms with Crippen molar-refractivity contribution in [1.82, 2.24) is 25.5 Å². The van der Waals surface area contributed by atoms with Crippen molar-refractivity contribution >= 4 is 39.0 Å². The fraction of sp³-hybridized carbons (Fsp3) is 0.474. The number of piperazine rings is 1. The maximum Gasteiger partial charge on any atom is 0.211 e. The van der Waals surface area contributed by atoms with Crippen LogP contribution in [0.2, 0.25) is 0 Å². The standard InChI is InChI=1S/C19H23N7S/c1-2-4-13(3-1)18-24-25-19(27-18)23-17-6-5-15-16(22-17)11-14(12-21-15)26-9-7-20-8-10-26/h5-6,11-13,20H,1-4,7-10H2,(H,22,23,25). The van der Waals surface area contributed by atoms with E-state index in [0.717, 1.165) is 58.9 Å². The quantitative estimate of drug-likeness (QED) is 0.718. The minimum Gasteiger partial charge on any atom is -0.368 e. The van der Waals surface area contributed by atoms with E-state index in [2.05, 4.69) is 36.8 Å². The molecule has 1 saturated heterocycles. The zero-order valence-electron chi connectivity index (χ0n) is 15.2. The van der Waals surface area contributed by atoms with Crippen LogP contribution in [-0.2, 0) is 0 Å². The molecular weight excluding hydrogens is 358 g/mol. The van der Waals surface area contributed by atoms with E-state index in [-0.39, 0.29) is 0 Å². The summed E-state index contributed by atoms with van der Waals surface area (Å²) in [6.07, 6.45) is 7.04. The van der Waals surface area contributed by atoms with Crippen LogP contribution in [0.25, 0.3) is 11.0 Å². The number of rotatable bonds is 4. The molecule has 8 heteroatoms. The van der Waals surface area contributed by atoms with Gasteiger partial charge in [-0.15, -0.1) is 10.2 Å². The van der Waals surface area contributed by atoms with Crippen LogP contribution in [0.4, 0.5) is 16.6 Å². The van der Waals surface area contributed by atoms with E-state index in [4.69, 9.17) is 4.98 Å². The molecule has 140 valence electrons. The fourth-order valence-electron chi connectivity index (χ4n) is 3.89. The van der Waals surface area contributed by atoms with Gasteiger partial charge in [0.25, 0.3) is 0 Å². The number of hydrogen-bond acceptors (Lipinski definition) is 8. The van der Waals surface area contributed by atoms with Gasteiger partial charge in [0.05, 0.1) is 22.9 Å². The molecule has 27 heavy (non-hydrogen) atoms. The largest absolute Gasteiger partial charge is 0.368 e. The van der Waals surface area contributed by atoms with Crippen molar-refractivity contribution in [2.45, 2.75) is 31.6 Å². The first-order valence-corrected chi connectivity index (χ1v) is 10.5. The van der Waals surface area contributed by atoms with Crippen molar-refractivity contribution < 1.29 is 0 Å². The Morgan fingerprint density at radius 1 is 1.07 bits per heavy atom. The smallest absolute Gasteiger partial charge is 0.211 e. The third kappa shape index (κ3) is 3.59. The average molecular weight is 382 g/mol. The molecule has 0 amide bonds. The zero-order chi connectivity index (χ0) is 18.1. The molecule has 3 aromatic rings. The fourth-order valence-corrected chi connectivity index (χ4v) is 4.81. The van der Waals surface area contributed by atoms with Gasteiger partial charge in [-0.25, -0.2) is 4.98 Å². The normalized spacial score (nSPS) is 18.3. The van der Waals surface area contributed by atoms with Gasteiger partial charge in [0.2, 0.25) is 5.13 Å². The lowest BCUT2D eigenvalue weighted by atomic mass is 10.1. The third-order valence-electron chi connectivity index (χ3n) is 5.39. The summed E-state index contributed by atoms with van der Waals surface area (Å²) in [5.74, 6) is 1.38. The Morgan fingerprint density at radius 3 is 2.78 bits per heavy atom. The highest BCUT2D eigenvalue weighted by molar-refractivity contribution is 7.15. The van der Waals surface area contributed by atoms with Crippen LogP contribution < -0.4 is 15.5 Å². The SMILES string of the molecule is c1nc2ccc(Nc3nnc(C4CCCC4)s3)nc2cc1N1CCNCC1. The van der Waals surface area contributed by atoms with Crippen LogP contribution in [0.1, 0.15) is 36.6 Å². The molecule has 3 aromatic heterocycles. The van der Waals surface area contributed by atoms with Gasteiger partial charge >= 0.3 is 0 Å². The van der Waals surface area contributed by atoms with Crippen molar-refractivity contribution in [1.29, 1.82) is 0 Å². The van der Waals surface area contributed by atoms with E-state index >= 15 is 0 Å². The molecule has 7 nitrogen and oxygen atoms in total. The second-order valence-corrected chi connectivity index (χ2v) is 8.23. The molecule has 0 bridgehead atoms. The molecular formula is C19H23N7S. The van der Waals surface area contributed by atoms with Gasteiger partial charge < -0.3 is 15.5 Å². The average Bonchev–Trinajstić information content (AvgIpc) is 3.40. The maximum absolute atomic E-state index is 4.76. The topological polar surface area (TPSA) is 78.9 Å². The van der Waals surface area contributed by atoms with Gasteiger partial charge in [-0.05, 0) is 31.0 Å². The van der Waals surface area contributed by atoms with Crippen LogP contribution in [0, 0.1) is 0 Å². The predicted molar refractivity (Wildman–Crippen MR) is 109 cm³/mol. The Hall–Kier alpha value is -2.32. The van der Waals surface area contributed by atoms with E-state index in [1.807, 2.05) is 18.3 Å². The van der Waals surface area contributed by atoms with Gasteiger partial charge in [-0.1, -0.05) is 24.2 Å². The molecule has 2 N–H and O–H groups in total. The number of hydrogen-bond donors (Lipinski definition) is 2. The summed E-state index contributed by atoms with van der Waals surface area (Å²) in [5.41, 5.74) is 2.94. The highest BCUT2D eigenvalue weighted by Crippen LogP contribution is 2.36. The Balaban J connectivity index is 1.36. The number of aromatic nitrogens is 4. The van der Waals surface area contributed by atoms with Gasteiger partial charge in [0.1, 0.15) is 10.8 Å². The molecule has 2 aliphatic rings. The first kappa shape index (κ1) is 16.8. The van der Waals surface area contributed by atoms with Crippen molar-refractivity contribution in [3.63, 3.8) is 0 Å². The van der Waals surface area contributed by atoms with Gasteiger partial charge in [-0.2, -0.15) is 0 Å². The Labute approximate surface area is 162 Å². The molecule has 0 unspecified atom stereocenters. The van der Waals surface area contributed by atoms with Gasteiger partial charge in [-0.3, -0.25) is 4.98 Å². The molecule has 2 fully saturated rings. The predicted octanol–water partition coefficient (Wildman–Crippen LogP) is 3.29. The summed E-state index contributed by atoms with van der Waals surface area (Å²) >= 11 is 1.65. The third-order valence-corrected chi connectivity index (χ3v) is 6.39. The summed E-state index contributed by atoms with van der Waals surface area (Å²) in [6, 6.07) is 6.09. The van der Waals surface area contributed by atoms with E-state index in [0.29, 0.717) is 5.92 Å². The summed E-state index contributed by atoms with van der Waals surface area (Å²) in [7, 11) is 0. The molecule has 4 heterocycles. The van der Waals surface area contributed by atoms with E-state index in [9.17, 15) is 0 Å². The lowest BCUT2D eigenvalue weighted by Gasteiger charge is -2.29. The van der Waals surface area contributed by atoms with Gasteiger partial charge in [0.15, 0.2) is 0 Å². The lowest BCUT2D eigenvalue weighted by molar-refractivity contribution is 0.589. The number of nitrogens with one attached hydrogen (secondary N) is 2. The zero-order valence-corrected chi connectivity index (χ0v) is 16.0. The van der Waals surface area contributed by atoms with E-state index in [1.54, 1.807) is 11.3 Å². The van der Waals surface area contributed by atoms with Crippen molar-refractivity contribution in [2.75, 3.05) is 36.4 Å². The van der Waals surface area contributed by atoms with Crippen LogP contribution in [0.15, 0.2) is 24.4 Å². The van der Waals surface area contributed by atoms with Gasteiger partial charge in [0, 0.05) is 32.1 Å². The number of nitrogens with zero attached hydrogens (tertiary/aromatic N) is 5. The van der Waals surface area contributed by atoms with E-state index < -0.39 is 0 Å². The molecule has 0 radical (unpaired) electrons. The van der Waals surface area contributed by atoms with Crippen molar-refractivity contribution in [2.24, 2.45) is 0 Å². The van der Waals surface area contributed by atoms with Crippen LogP contribution in [0.3, 0.4) is 0 Å². The second-order valence-electron chi connectivity index (χ2n) is 7.22. The monoisotopic (exact) mass is 381 g/mol. The maximum atomic E-state index is 4.76. The highest BCUT2D eigenvalue weighted by atomic mass is 32.1.